The minimum absolute atomic E-state index is 1.07. The second-order valence-electron chi connectivity index (χ2n) is 1.45. The number of nitrogens with zero attached hydrogens (tertiary/aromatic N) is 1. The van der Waals surface area contributed by atoms with Crippen LogP contribution in [0.25, 0.3) is 0 Å². The van der Waals surface area contributed by atoms with Crippen molar-refractivity contribution in [3.63, 3.8) is 0 Å². The number of hydrogen-bond donors (Lipinski definition) is 0. The Bertz CT molecular complexity index is 171. The second kappa shape index (κ2) is 3.03. The van der Waals surface area contributed by atoms with Gasteiger partial charge in [-0.15, -0.1) is 0 Å². The van der Waals surface area contributed by atoms with Gasteiger partial charge < -0.3 is 0 Å². The van der Waals surface area contributed by atoms with Crippen LogP contribution < -0.4 is 0 Å². The average molecular weight is 182 g/mol. The van der Waals surface area contributed by atoms with Crippen LogP contribution in [0, 0.1) is 0 Å². The van der Waals surface area contributed by atoms with Crippen molar-refractivity contribution in [1.82, 2.24) is 0 Å². The first-order valence-corrected chi connectivity index (χ1v) is 3.46. The third-order valence-electron chi connectivity index (χ3n) is 0.885. The molecule has 0 fully saturated rings. The molecule has 1 nitrogen and oxygen atoms in total. The van der Waals surface area contributed by atoms with Crippen LogP contribution in [0.5, 0.6) is 0 Å². The number of benzene rings is 1. The number of rotatable bonds is 1. The summed E-state index contributed by atoms with van der Waals surface area (Å²) >= 11 is 1.21. The summed E-state index contributed by atoms with van der Waals surface area (Å²) in [4.78, 5) is 0. The third-order valence-corrected chi connectivity index (χ3v) is 1.52. The summed E-state index contributed by atoms with van der Waals surface area (Å²) in [5.41, 5.74) is 1.07. The second-order valence-corrected chi connectivity index (χ2v) is 2.00. The summed E-state index contributed by atoms with van der Waals surface area (Å²) in [6.45, 7) is 0. The van der Waals surface area contributed by atoms with E-state index in [9.17, 15) is 0 Å². The van der Waals surface area contributed by atoms with E-state index in [0.717, 1.165) is 5.69 Å². The van der Waals surface area contributed by atoms with Crippen LogP contribution in [0.3, 0.4) is 0 Å². The Kier molecular flexibility index (Phi) is 2.29. The predicted molar refractivity (Wildman–Crippen MR) is 28.5 cm³/mol. The molecule has 1 aromatic carbocycles. The molecule has 1 rings (SSSR count). The zero-order chi connectivity index (χ0) is 5.82. The van der Waals surface area contributed by atoms with E-state index >= 15 is 0 Å². The fourth-order valence-corrected chi connectivity index (χ4v) is 0.869. The first-order valence-electron chi connectivity index (χ1n) is 2.36. The van der Waals surface area contributed by atoms with E-state index in [1.807, 2.05) is 30.3 Å². The summed E-state index contributed by atoms with van der Waals surface area (Å²) in [5, 5.41) is 0. The fraction of sp³-hybridized carbons (Fsp3) is 0. The quantitative estimate of drug-likeness (QED) is 0.630. The minimum atomic E-state index is 1.07. The molecule has 0 aromatic heterocycles. The first kappa shape index (κ1) is 6.03. The molecule has 2 heteroatoms. The molecule has 0 heterocycles. The monoisotopic (exact) mass is 181 g/mol. The Balaban J connectivity index is 2.99. The molecule has 0 aliphatic heterocycles. The maximum absolute atomic E-state index is 4.06. The van der Waals surface area contributed by atoms with Crippen molar-refractivity contribution in [2.24, 2.45) is 2.87 Å². The van der Waals surface area contributed by atoms with E-state index in [2.05, 4.69) is 2.87 Å². The van der Waals surface area contributed by atoms with E-state index in [-0.39, 0.29) is 0 Å². The Hall–Kier alpha value is -0.0969. The van der Waals surface area contributed by atoms with Crippen molar-refractivity contribution in [2.45, 2.75) is 0 Å². The summed E-state index contributed by atoms with van der Waals surface area (Å²) in [5.74, 6) is 0. The predicted octanol–water partition coefficient (Wildman–Crippen LogP) is 2.05. The van der Waals surface area contributed by atoms with Crippen LogP contribution in [-0.4, -0.2) is 0 Å². The van der Waals surface area contributed by atoms with Crippen molar-refractivity contribution >= 4 is 5.69 Å². The van der Waals surface area contributed by atoms with Gasteiger partial charge in [-0.1, -0.05) is 0 Å². The Morgan fingerprint density at radius 1 is 1.12 bits per heavy atom. The van der Waals surface area contributed by atoms with Crippen LogP contribution in [0.1, 0.15) is 0 Å². The van der Waals surface area contributed by atoms with Gasteiger partial charge in [0.1, 0.15) is 0 Å². The molecule has 0 saturated heterocycles. The molecule has 36 valence electrons. The molecule has 0 spiro atoms. The van der Waals surface area contributed by atoms with Gasteiger partial charge in [-0.2, -0.15) is 0 Å². The zero-order valence-electron chi connectivity index (χ0n) is 4.33. The molecule has 0 amide bonds. The molecule has 0 aliphatic carbocycles. The van der Waals surface area contributed by atoms with E-state index < -0.39 is 0 Å². The molecule has 0 atom stereocenters. The van der Waals surface area contributed by atoms with Gasteiger partial charge in [0.25, 0.3) is 0 Å². The molecular formula is C6H5NZr+2. The van der Waals surface area contributed by atoms with E-state index in [0.29, 0.717) is 0 Å². The third kappa shape index (κ3) is 1.45. The van der Waals surface area contributed by atoms with Crippen LogP contribution in [0.15, 0.2) is 33.2 Å². The molecule has 0 bridgehead atoms. The van der Waals surface area contributed by atoms with Crippen LogP contribution in [0.4, 0.5) is 5.69 Å². The maximum atomic E-state index is 4.06. The zero-order valence-corrected chi connectivity index (χ0v) is 6.79. The topological polar surface area (TPSA) is 12.4 Å². The van der Waals surface area contributed by atoms with E-state index in [1.165, 1.54) is 24.6 Å². The Morgan fingerprint density at radius 3 is 2.12 bits per heavy atom. The van der Waals surface area contributed by atoms with Crippen LogP contribution in [-0.2, 0) is 24.6 Å². The normalized spacial score (nSPS) is 8.75. The molecule has 0 saturated carbocycles. The first-order chi connectivity index (χ1) is 3.93. The van der Waals surface area contributed by atoms with Gasteiger partial charge in [-0.3, -0.25) is 0 Å². The van der Waals surface area contributed by atoms with Crippen molar-refractivity contribution in [1.29, 1.82) is 0 Å². The summed E-state index contributed by atoms with van der Waals surface area (Å²) in [7, 11) is 0. The van der Waals surface area contributed by atoms with Crippen LogP contribution >= 0.6 is 0 Å². The van der Waals surface area contributed by atoms with Crippen molar-refractivity contribution in [2.75, 3.05) is 0 Å². The Labute approximate surface area is 63.5 Å². The van der Waals surface area contributed by atoms with Crippen molar-refractivity contribution in [3.8, 4) is 0 Å². The summed E-state index contributed by atoms with van der Waals surface area (Å²) in [6, 6.07) is 9.96. The molecule has 8 heavy (non-hydrogen) atoms. The van der Waals surface area contributed by atoms with Gasteiger partial charge in [-0.05, 0) is 0 Å². The van der Waals surface area contributed by atoms with E-state index in [1.54, 1.807) is 0 Å². The van der Waals surface area contributed by atoms with Gasteiger partial charge in [-0.25, -0.2) is 0 Å². The van der Waals surface area contributed by atoms with Gasteiger partial charge in [0, 0.05) is 0 Å². The van der Waals surface area contributed by atoms with E-state index in [4.69, 9.17) is 0 Å². The van der Waals surface area contributed by atoms with Gasteiger partial charge in [0.05, 0.1) is 0 Å². The average Bonchev–Trinajstić information content (AvgIpc) is 1.90. The van der Waals surface area contributed by atoms with Crippen LogP contribution in [0.2, 0.25) is 0 Å². The van der Waals surface area contributed by atoms with Crippen molar-refractivity contribution < 1.29 is 24.6 Å². The summed E-state index contributed by atoms with van der Waals surface area (Å²) in [6.07, 6.45) is 0. The molecule has 0 N–H and O–H groups in total. The molecule has 0 aliphatic rings. The molecular weight excluding hydrogens is 177 g/mol. The SMILES string of the molecule is [Zr+2]=[N]c1ccccc1. The number of hydrogen-bond acceptors (Lipinski definition) is 1. The summed E-state index contributed by atoms with van der Waals surface area (Å²) < 4.78 is 4.06. The van der Waals surface area contributed by atoms with Gasteiger partial charge in [0.2, 0.25) is 0 Å². The van der Waals surface area contributed by atoms with Gasteiger partial charge >= 0.3 is 63.4 Å². The van der Waals surface area contributed by atoms with Crippen molar-refractivity contribution in [3.05, 3.63) is 30.3 Å². The standard InChI is InChI=1S/C6H5N.Zr/c7-6-4-2-1-3-5-6;/h1-5H;/q;+2. The Morgan fingerprint density at radius 2 is 1.75 bits per heavy atom. The fourth-order valence-electron chi connectivity index (χ4n) is 0.503. The molecule has 0 radical (unpaired) electrons. The molecule has 1 aromatic rings. The molecule has 0 unspecified atom stereocenters. The van der Waals surface area contributed by atoms with Gasteiger partial charge in [0.15, 0.2) is 0 Å².